The minimum Gasteiger partial charge on any atom is -0.495 e. The smallest absolute Gasteiger partial charge is 0.416 e. The van der Waals surface area contributed by atoms with Crippen molar-refractivity contribution in [3.63, 3.8) is 0 Å². The fourth-order valence-corrected chi connectivity index (χ4v) is 6.95. The van der Waals surface area contributed by atoms with E-state index in [0.29, 0.717) is 5.69 Å². The first-order chi connectivity index (χ1) is 13.2. The Morgan fingerprint density at radius 1 is 0.786 bits per heavy atom. The highest BCUT2D eigenvalue weighted by Crippen LogP contribution is 2.44. The van der Waals surface area contributed by atoms with Crippen molar-refractivity contribution in [3.05, 3.63) is 72.3 Å². The van der Waals surface area contributed by atoms with Gasteiger partial charge in [-0.15, -0.1) is 0 Å². The molecule has 0 fully saturated rings. The maximum Gasteiger partial charge on any atom is 0.416 e. The molecule has 0 atom stereocenters. The molecular formula is C22H20F3NOSi. The van der Waals surface area contributed by atoms with Crippen molar-refractivity contribution < 1.29 is 17.9 Å². The van der Waals surface area contributed by atoms with Crippen LogP contribution in [-0.2, 0) is 6.18 Å². The van der Waals surface area contributed by atoms with E-state index in [1.54, 1.807) is 0 Å². The Bertz CT molecular complexity index is 996. The zero-order valence-corrected chi connectivity index (χ0v) is 16.8. The van der Waals surface area contributed by atoms with Crippen LogP contribution in [0, 0.1) is 0 Å². The standard InChI is InChI=1S/C22H20F3NOSi/c1-27-19-14-15(22(23,24)25)12-13-16(19)26-17-8-4-6-10-20(17)28(2,3)21-11-7-5-9-18(21)26/h4-14H,1-3H3. The van der Waals surface area contributed by atoms with E-state index < -0.39 is 19.8 Å². The molecule has 0 saturated carbocycles. The molecular weight excluding hydrogens is 379 g/mol. The lowest BCUT2D eigenvalue weighted by Crippen LogP contribution is -2.58. The number of halogens is 3. The molecule has 4 rings (SSSR count). The maximum atomic E-state index is 13.2. The number of anilines is 3. The van der Waals surface area contributed by atoms with E-state index in [9.17, 15) is 13.2 Å². The van der Waals surface area contributed by atoms with Crippen molar-refractivity contribution in [3.8, 4) is 5.75 Å². The largest absolute Gasteiger partial charge is 0.495 e. The Hall–Kier alpha value is -2.73. The third-order valence-corrected chi connectivity index (χ3v) is 8.92. The van der Waals surface area contributed by atoms with Gasteiger partial charge in [0.1, 0.15) is 13.8 Å². The van der Waals surface area contributed by atoms with Gasteiger partial charge in [-0.2, -0.15) is 13.2 Å². The first-order valence-corrected chi connectivity index (χ1v) is 12.0. The van der Waals surface area contributed by atoms with Gasteiger partial charge in [-0.3, -0.25) is 0 Å². The van der Waals surface area contributed by atoms with Gasteiger partial charge in [-0.1, -0.05) is 49.5 Å². The number of fused-ring (bicyclic) bond motifs is 2. The van der Waals surface area contributed by atoms with Gasteiger partial charge in [0, 0.05) is 11.4 Å². The van der Waals surface area contributed by atoms with Crippen molar-refractivity contribution in [1.82, 2.24) is 0 Å². The molecule has 28 heavy (non-hydrogen) atoms. The molecule has 0 radical (unpaired) electrons. The molecule has 0 N–H and O–H groups in total. The summed E-state index contributed by atoms with van der Waals surface area (Å²) in [6, 6.07) is 19.9. The minimum absolute atomic E-state index is 0.195. The molecule has 2 nitrogen and oxygen atoms in total. The zero-order valence-electron chi connectivity index (χ0n) is 15.8. The Labute approximate surface area is 163 Å². The van der Waals surface area contributed by atoms with E-state index in [-0.39, 0.29) is 5.75 Å². The number of methoxy groups -OCH3 is 1. The Balaban J connectivity index is 1.99. The van der Waals surface area contributed by atoms with Gasteiger partial charge in [0.05, 0.1) is 18.4 Å². The zero-order chi connectivity index (χ0) is 20.1. The van der Waals surface area contributed by atoms with Crippen LogP contribution in [0.15, 0.2) is 66.7 Å². The molecule has 144 valence electrons. The van der Waals surface area contributed by atoms with Crippen LogP contribution in [0.2, 0.25) is 13.1 Å². The van der Waals surface area contributed by atoms with Crippen molar-refractivity contribution in [2.45, 2.75) is 19.3 Å². The second-order valence-corrected chi connectivity index (χ2v) is 11.7. The molecule has 0 saturated heterocycles. The van der Waals surface area contributed by atoms with Crippen molar-refractivity contribution in [1.29, 1.82) is 0 Å². The molecule has 0 amide bonds. The molecule has 0 spiro atoms. The molecule has 0 unspecified atom stereocenters. The number of benzene rings is 3. The van der Waals surface area contributed by atoms with Gasteiger partial charge in [-0.05, 0) is 40.7 Å². The van der Waals surface area contributed by atoms with Crippen LogP contribution in [0.1, 0.15) is 5.56 Å². The summed E-state index contributed by atoms with van der Waals surface area (Å²) >= 11 is 0. The molecule has 1 heterocycles. The summed E-state index contributed by atoms with van der Waals surface area (Å²) in [6.07, 6.45) is -4.42. The lowest BCUT2D eigenvalue weighted by atomic mass is 10.1. The van der Waals surface area contributed by atoms with Crippen molar-refractivity contribution >= 4 is 35.5 Å². The van der Waals surface area contributed by atoms with Crippen LogP contribution < -0.4 is 20.0 Å². The molecule has 0 aliphatic carbocycles. The van der Waals surface area contributed by atoms with Crippen molar-refractivity contribution in [2.75, 3.05) is 12.0 Å². The molecule has 0 aromatic heterocycles. The van der Waals surface area contributed by atoms with Crippen molar-refractivity contribution in [2.24, 2.45) is 0 Å². The van der Waals surface area contributed by atoms with Crippen LogP contribution in [0.3, 0.4) is 0 Å². The summed E-state index contributed by atoms with van der Waals surface area (Å²) in [5, 5.41) is 2.49. The molecule has 3 aromatic rings. The Morgan fingerprint density at radius 3 is 1.82 bits per heavy atom. The first-order valence-electron chi connectivity index (χ1n) is 8.99. The number of nitrogens with zero attached hydrogens (tertiary/aromatic N) is 1. The first kappa shape index (κ1) is 18.6. The number of ether oxygens (including phenoxy) is 1. The highest BCUT2D eigenvalue weighted by atomic mass is 28.3. The van der Waals surface area contributed by atoms with E-state index in [1.807, 2.05) is 41.3 Å². The molecule has 1 aliphatic heterocycles. The second-order valence-electron chi connectivity index (χ2n) is 7.38. The van der Waals surface area contributed by atoms with E-state index in [0.717, 1.165) is 23.5 Å². The van der Waals surface area contributed by atoms with Gasteiger partial charge < -0.3 is 9.64 Å². The highest BCUT2D eigenvalue weighted by Gasteiger charge is 2.39. The monoisotopic (exact) mass is 399 g/mol. The SMILES string of the molecule is COc1cc(C(F)(F)F)ccc1N1c2ccccc2[Si](C)(C)c2ccccc21. The number of rotatable bonds is 2. The third-order valence-electron chi connectivity index (χ3n) is 5.38. The quantitative estimate of drug-likeness (QED) is 0.541. The fourth-order valence-electron chi connectivity index (χ4n) is 3.97. The fraction of sp³-hybridized carbons (Fsp3) is 0.182. The minimum atomic E-state index is -4.42. The predicted octanol–water partition coefficient (Wildman–Crippen LogP) is 5.32. The highest BCUT2D eigenvalue weighted by molar-refractivity contribution is 7.02. The van der Waals surface area contributed by atoms with Crippen LogP contribution in [-0.4, -0.2) is 15.2 Å². The van der Waals surface area contributed by atoms with E-state index in [4.69, 9.17) is 4.74 Å². The van der Waals surface area contributed by atoms with Crippen LogP contribution in [0.4, 0.5) is 30.2 Å². The molecule has 1 aliphatic rings. The molecule has 6 heteroatoms. The lowest BCUT2D eigenvalue weighted by molar-refractivity contribution is -0.137. The predicted molar refractivity (Wildman–Crippen MR) is 109 cm³/mol. The third kappa shape index (κ3) is 2.79. The number of alkyl halides is 3. The average molecular weight is 399 g/mol. The maximum absolute atomic E-state index is 13.2. The van der Waals surface area contributed by atoms with Gasteiger partial charge in [0.2, 0.25) is 0 Å². The normalized spacial score (nSPS) is 15.0. The molecule has 3 aromatic carbocycles. The Morgan fingerprint density at radius 2 is 1.32 bits per heavy atom. The number of para-hydroxylation sites is 2. The van der Waals surface area contributed by atoms with Gasteiger partial charge >= 0.3 is 6.18 Å². The van der Waals surface area contributed by atoms with E-state index in [2.05, 4.69) is 25.2 Å². The topological polar surface area (TPSA) is 12.5 Å². The van der Waals surface area contributed by atoms with Crippen LogP contribution in [0.5, 0.6) is 5.75 Å². The average Bonchev–Trinajstić information content (AvgIpc) is 2.68. The summed E-state index contributed by atoms with van der Waals surface area (Å²) in [5.41, 5.74) is 1.87. The summed E-state index contributed by atoms with van der Waals surface area (Å²) in [4.78, 5) is 2.02. The second kappa shape index (κ2) is 6.41. The van der Waals surface area contributed by atoms with Crippen LogP contribution >= 0.6 is 0 Å². The summed E-state index contributed by atoms with van der Waals surface area (Å²) in [6.45, 7) is 4.60. The van der Waals surface area contributed by atoms with Gasteiger partial charge in [0.25, 0.3) is 0 Å². The lowest BCUT2D eigenvalue weighted by Gasteiger charge is -2.41. The Kier molecular flexibility index (Phi) is 4.26. The number of hydrogen-bond donors (Lipinski definition) is 0. The van der Waals surface area contributed by atoms with Gasteiger partial charge in [0.15, 0.2) is 0 Å². The van der Waals surface area contributed by atoms with E-state index in [1.165, 1.54) is 23.5 Å². The van der Waals surface area contributed by atoms with E-state index >= 15 is 0 Å². The summed E-state index contributed by atoms with van der Waals surface area (Å²) < 4.78 is 45.0. The molecule has 0 bridgehead atoms. The summed E-state index contributed by atoms with van der Waals surface area (Å²) in [5.74, 6) is 0.195. The van der Waals surface area contributed by atoms with Gasteiger partial charge in [-0.25, -0.2) is 0 Å². The number of hydrogen-bond acceptors (Lipinski definition) is 2. The van der Waals surface area contributed by atoms with Crippen LogP contribution in [0.25, 0.3) is 0 Å². The summed E-state index contributed by atoms with van der Waals surface area (Å²) in [7, 11) is -0.535.